The molecule has 1 aromatic carbocycles. The highest BCUT2D eigenvalue weighted by atomic mass is 35.5. The van der Waals surface area contributed by atoms with E-state index in [4.69, 9.17) is 11.6 Å². The molecule has 0 aliphatic heterocycles. The van der Waals surface area contributed by atoms with Gasteiger partial charge < -0.3 is 10.4 Å². The quantitative estimate of drug-likeness (QED) is 0.861. The summed E-state index contributed by atoms with van der Waals surface area (Å²) in [4.78, 5) is 0. The second-order valence-electron chi connectivity index (χ2n) is 5.25. The van der Waals surface area contributed by atoms with Crippen LogP contribution in [0.5, 0.6) is 0 Å². The summed E-state index contributed by atoms with van der Waals surface area (Å²) in [6, 6.07) is 7.88. The lowest BCUT2D eigenvalue weighted by Crippen LogP contribution is -2.34. The van der Waals surface area contributed by atoms with E-state index in [2.05, 4.69) is 24.3 Å². The lowest BCUT2D eigenvalue weighted by molar-refractivity contribution is 0.230. The van der Waals surface area contributed by atoms with Crippen LogP contribution < -0.4 is 5.32 Å². The van der Waals surface area contributed by atoms with Gasteiger partial charge in [-0.2, -0.15) is 5.10 Å². The van der Waals surface area contributed by atoms with Crippen molar-refractivity contribution in [3.8, 4) is 5.69 Å². The Morgan fingerprint density at radius 1 is 1.43 bits per heavy atom. The van der Waals surface area contributed by atoms with Crippen LogP contribution in [0.3, 0.4) is 0 Å². The summed E-state index contributed by atoms with van der Waals surface area (Å²) < 4.78 is 1.89. The molecule has 0 saturated carbocycles. The molecule has 0 fully saturated rings. The molecule has 2 rings (SSSR count). The van der Waals surface area contributed by atoms with Gasteiger partial charge in [-0.15, -0.1) is 0 Å². The third-order valence-corrected chi connectivity index (χ3v) is 4.00. The first-order valence-electron chi connectivity index (χ1n) is 7.24. The first-order valence-corrected chi connectivity index (χ1v) is 7.62. The van der Waals surface area contributed by atoms with E-state index in [1.807, 2.05) is 42.1 Å². The molecular weight excluding hydrogens is 286 g/mol. The molecule has 0 aliphatic rings. The van der Waals surface area contributed by atoms with Crippen molar-refractivity contribution in [3.05, 3.63) is 46.7 Å². The van der Waals surface area contributed by atoms with E-state index in [9.17, 15) is 5.11 Å². The van der Waals surface area contributed by atoms with E-state index >= 15 is 0 Å². The van der Waals surface area contributed by atoms with Crippen LogP contribution in [-0.4, -0.2) is 27.5 Å². The molecule has 1 heterocycles. The van der Waals surface area contributed by atoms with Gasteiger partial charge in [-0.3, -0.25) is 0 Å². The van der Waals surface area contributed by atoms with Crippen LogP contribution >= 0.6 is 11.6 Å². The summed E-state index contributed by atoms with van der Waals surface area (Å²) in [6.45, 7) is 6.33. The van der Waals surface area contributed by atoms with Crippen LogP contribution in [0, 0.1) is 6.92 Å². The Kier molecular flexibility index (Phi) is 5.39. The van der Waals surface area contributed by atoms with E-state index in [0.29, 0.717) is 5.02 Å². The predicted octanol–water partition coefficient (Wildman–Crippen LogP) is 3.26. The average Bonchev–Trinajstić information content (AvgIpc) is 2.86. The maximum absolute atomic E-state index is 9.31. The van der Waals surface area contributed by atoms with Crippen molar-refractivity contribution in [2.24, 2.45) is 0 Å². The topological polar surface area (TPSA) is 50.1 Å². The second kappa shape index (κ2) is 7.07. The monoisotopic (exact) mass is 307 g/mol. The van der Waals surface area contributed by atoms with Crippen LogP contribution in [0.4, 0.5) is 0 Å². The van der Waals surface area contributed by atoms with Crippen LogP contribution in [0.1, 0.15) is 37.6 Å². The van der Waals surface area contributed by atoms with Crippen LogP contribution in [-0.2, 0) is 0 Å². The van der Waals surface area contributed by atoms with Crippen molar-refractivity contribution >= 4 is 11.6 Å². The molecule has 2 N–H and O–H groups in total. The largest absolute Gasteiger partial charge is 0.395 e. The van der Waals surface area contributed by atoms with Crippen molar-refractivity contribution in [2.75, 3.05) is 6.61 Å². The Balaban J connectivity index is 2.24. The van der Waals surface area contributed by atoms with Gasteiger partial charge in [0.15, 0.2) is 0 Å². The molecule has 0 bridgehead atoms. The molecule has 2 aromatic rings. The van der Waals surface area contributed by atoms with Crippen molar-refractivity contribution in [1.29, 1.82) is 0 Å². The van der Waals surface area contributed by atoms with Gasteiger partial charge in [-0.25, -0.2) is 4.68 Å². The fraction of sp³-hybridized carbons (Fsp3) is 0.438. The Morgan fingerprint density at radius 3 is 2.81 bits per heavy atom. The summed E-state index contributed by atoms with van der Waals surface area (Å²) >= 11 is 6.04. The first kappa shape index (κ1) is 16.0. The molecule has 0 amide bonds. The molecule has 2 atom stereocenters. The van der Waals surface area contributed by atoms with Crippen LogP contribution in [0.2, 0.25) is 5.02 Å². The van der Waals surface area contributed by atoms with Crippen molar-refractivity contribution in [1.82, 2.24) is 15.1 Å². The zero-order valence-corrected chi connectivity index (χ0v) is 13.4. The molecule has 0 saturated heterocycles. The second-order valence-corrected chi connectivity index (χ2v) is 5.69. The fourth-order valence-corrected chi connectivity index (χ4v) is 2.64. The van der Waals surface area contributed by atoms with Gasteiger partial charge in [-0.1, -0.05) is 24.6 Å². The molecule has 21 heavy (non-hydrogen) atoms. The number of aliphatic hydroxyl groups excluding tert-OH is 1. The Bertz CT molecular complexity index is 593. The number of halogens is 1. The lowest BCUT2D eigenvalue weighted by atomic mass is 10.1. The summed E-state index contributed by atoms with van der Waals surface area (Å²) in [7, 11) is 0. The standard InChI is InChI=1S/C16H22ClN3O/c1-4-14(10-21)19-11(2)16-9-18-20(12(16)3)15-7-5-6-13(17)8-15/h5-9,11,14,19,21H,4,10H2,1-3H3. The minimum atomic E-state index is 0.105. The molecule has 0 spiro atoms. The molecule has 114 valence electrons. The van der Waals surface area contributed by atoms with Gasteiger partial charge >= 0.3 is 0 Å². The maximum Gasteiger partial charge on any atom is 0.0663 e. The minimum absolute atomic E-state index is 0.105. The number of aromatic nitrogens is 2. The van der Waals surface area contributed by atoms with Gasteiger partial charge in [0.1, 0.15) is 0 Å². The first-order chi connectivity index (χ1) is 10.1. The molecule has 2 unspecified atom stereocenters. The van der Waals surface area contributed by atoms with Gasteiger partial charge in [-0.05, 0) is 38.5 Å². The summed E-state index contributed by atoms with van der Waals surface area (Å²) in [6.07, 6.45) is 2.76. The SMILES string of the molecule is CCC(CO)NC(C)c1cnn(-c2cccc(Cl)c2)c1C. The zero-order chi connectivity index (χ0) is 15.4. The molecule has 5 heteroatoms. The number of rotatable bonds is 6. The fourth-order valence-electron chi connectivity index (χ4n) is 2.46. The zero-order valence-electron chi connectivity index (χ0n) is 12.7. The number of benzene rings is 1. The third-order valence-electron chi connectivity index (χ3n) is 3.77. The Morgan fingerprint density at radius 2 is 2.19 bits per heavy atom. The minimum Gasteiger partial charge on any atom is -0.395 e. The van der Waals surface area contributed by atoms with E-state index in [1.54, 1.807) is 0 Å². The van der Waals surface area contributed by atoms with Gasteiger partial charge in [0.25, 0.3) is 0 Å². The number of hydrogen-bond donors (Lipinski definition) is 2. The van der Waals surface area contributed by atoms with Gasteiger partial charge in [0.05, 0.1) is 18.5 Å². The summed E-state index contributed by atoms with van der Waals surface area (Å²) in [5.74, 6) is 0. The molecule has 4 nitrogen and oxygen atoms in total. The highest BCUT2D eigenvalue weighted by molar-refractivity contribution is 6.30. The maximum atomic E-state index is 9.31. The van der Waals surface area contributed by atoms with Gasteiger partial charge in [0.2, 0.25) is 0 Å². The summed E-state index contributed by atoms with van der Waals surface area (Å²) in [5, 5.41) is 17.9. The lowest BCUT2D eigenvalue weighted by Gasteiger charge is -2.20. The molecule has 1 aromatic heterocycles. The molecule has 0 radical (unpaired) electrons. The normalized spacial score (nSPS) is 14.1. The Labute approximate surface area is 130 Å². The van der Waals surface area contributed by atoms with E-state index in [0.717, 1.165) is 23.4 Å². The highest BCUT2D eigenvalue weighted by Gasteiger charge is 2.16. The van der Waals surface area contributed by atoms with Gasteiger partial charge in [0, 0.05) is 28.4 Å². The molecule has 0 aliphatic carbocycles. The molecular formula is C16H22ClN3O. The predicted molar refractivity (Wildman–Crippen MR) is 86.0 cm³/mol. The van der Waals surface area contributed by atoms with E-state index in [1.165, 1.54) is 0 Å². The number of hydrogen-bond acceptors (Lipinski definition) is 3. The third kappa shape index (κ3) is 3.64. The van der Waals surface area contributed by atoms with Crippen LogP contribution in [0.15, 0.2) is 30.5 Å². The van der Waals surface area contributed by atoms with Crippen molar-refractivity contribution in [3.63, 3.8) is 0 Å². The van der Waals surface area contributed by atoms with Crippen LogP contribution in [0.25, 0.3) is 5.69 Å². The average molecular weight is 308 g/mol. The summed E-state index contributed by atoms with van der Waals surface area (Å²) in [5.41, 5.74) is 3.15. The van der Waals surface area contributed by atoms with Crippen molar-refractivity contribution in [2.45, 2.75) is 39.3 Å². The smallest absolute Gasteiger partial charge is 0.0663 e. The number of nitrogens with zero attached hydrogens (tertiary/aromatic N) is 2. The number of nitrogens with one attached hydrogen (secondary N) is 1. The van der Waals surface area contributed by atoms with E-state index in [-0.39, 0.29) is 18.7 Å². The highest BCUT2D eigenvalue weighted by Crippen LogP contribution is 2.22. The van der Waals surface area contributed by atoms with Crippen molar-refractivity contribution < 1.29 is 5.11 Å². The van der Waals surface area contributed by atoms with E-state index < -0.39 is 0 Å². The number of aliphatic hydroxyl groups is 1. The Hall–Kier alpha value is -1.36.